The van der Waals surface area contributed by atoms with Gasteiger partial charge in [-0.2, -0.15) is 0 Å². The lowest BCUT2D eigenvalue weighted by Crippen LogP contribution is -2.33. The molecular weight excluding hydrogens is 380 g/mol. The molecule has 0 saturated carbocycles. The summed E-state index contributed by atoms with van der Waals surface area (Å²) in [6.45, 7) is 1.14. The number of carbonyl (C=O) groups excluding carboxylic acids is 2. The third kappa shape index (κ3) is 5.27. The Balaban J connectivity index is 1.57. The second-order valence-electron chi connectivity index (χ2n) is 6.31. The normalized spacial score (nSPS) is 13.1. The van der Waals surface area contributed by atoms with Crippen molar-refractivity contribution in [2.24, 2.45) is 0 Å². The number of anilines is 1. The van der Waals surface area contributed by atoms with Gasteiger partial charge in [0.15, 0.2) is 11.5 Å². The Labute approximate surface area is 168 Å². The molecular formula is C21H21ClN2O4. The van der Waals surface area contributed by atoms with Crippen molar-refractivity contribution < 1.29 is 19.1 Å². The zero-order chi connectivity index (χ0) is 19.9. The standard InChI is InChI=1S/C21H21ClN2O4/c1-24(14-20(25)23-17-6-3-2-5-16(17)22)21(26)10-8-15-7-9-18-19(13-15)28-12-4-11-27-18/h2-3,5-10,13H,4,11-12,14H2,1H3,(H,23,25)/b10-8+. The number of likely N-dealkylation sites (N-methyl/N-ethyl adjacent to an activating group) is 1. The number of nitrogens with one attached hydrogen (secondary N) is 1. The Morgan fingerprint density at radius 3 is 2.68 bits per heavy atom. The minimum absolute atomic E-state index is 0.0878. The Bertz CT molecular complexity index is 898. The van der Waals surface area contributed by atoms with Crippen LogP contribution in [0.3, 0.4) is 0 Å². The van der Waals surface area contributed by atoms with Gasteiger partial charge < -0.3 is 19.7 Å². The number of rotatable bonds is 5. The van der Waals surface area contributed by atoms with E-state index < -0.39 is 0 Å². The predicted molar refractivity (Wildman–Crippen MR) is 109 cm³/mol. The van der Waals surface area contributed by atoms with E-state index in [0.717, 1.165) is 12.0 Å². The summed E-state index contributed by atoms with van der Waals surface area (Å²) in [5, 5.41) is 3.13. The predicted octanol–water partition coefficient (Wildman–Crippen LogP) is 3.61. The first-order chi connectivity index (χ1) is 13.5. The van der Waals surface area contributed by atoms with Crippen LogP contribution in [0.25, 0.3) is 6.08 Å². The van der Waals surface area contributed by atoms with Crippen molar-refractivity contribution in [3.63, 3.8) is 0 Å². The van der Waals surface area contributed by atoms with Crippen LogP contribution in [0.15, 0.2) is 48.5 Å². The quantitative estimate of drug-likeness (QED) is 0.778. The number of hydrogen-bond acceptors (Lipinski definition) is 4. The SMILES string of the molecule is CN(CC(=O)Nc1ccccc1Cl)C(=O)/C=C/c1ccc2c(c1)OCCCO2. The van der Waals surface area contributed by atoms with Gasteiger partial charge in [-0.05, 0) is 35.9 Å². The number of ether oxygens (including phenoxy) is 2. The summed E-state index contributed by atoms with van der Waals surface area (Å²) in [7, 11) is 1.56. The van der Waals surface area contributed by atoms with E-state index in [2.05, 4.69) is 5.32 Å². The van der Waals surface area contributed by atoms with Crippen molar-refractivity contribution >= 4 is 35.2 Å². The largest absolute Gasteiger partial charge is 0.490 e. The summed E-state index contributed by atoms with van der Waals surface area (Å²) in [5.41, 5.74) is 1.32. The second kappa shape index (κ2) is 9.28. The fourth-order valence-corrected chi connectivity index (χ4v) is 2.81. The molecule has 1 N–H and O–H groups in total. The topological polar surface area (TPSA) is 67.9 Å². The summed E-state index contributed by atoms with van der Waals surface area (Å²) in [5.74, 6) is 0.753. The lowest BCUT2D eigenvalue weighted by Gasteiger charge is -2.15. The van der Waals surface area contributed by atoms with Gasteiger partial charge in [0.2, 0.25) is 11.8 Å². The fourth-order valence-electron chi connectivity index (χ4n) is 2.62. The molecule has 0 atom stereocenters. The van der Waals surface area contributed by atoms with Gasteiger partial charge in [-0.3, -0.25) is 9.59 Å². The minimum atomic E-state index is -0.326. The van der Waals surface area contributed by atoms with Gasteiger partial charge in [-0.1, -0.05) is 29.8 Å². The number of hydrogen-bond donors (Lipinski definition) is 1. The number of carbonyl (C=O) groups is 2. The maximum Gasteiger partial charge on any atom is 0.246 e. The van der Waals surface area contributed by atoms with Crippen LogP contribution < -0.4 is 14.8 Å². The van der Waals surface area contributed by atoms with E-state index in [9.17, 15) is 9.59 Å². The molecule has 0 aromatic heterocycles. The zero-order valence-electron chi connectivity index (χ0n) is 15.5. The first kappa shape index (κ1) is 19.8. The van der Waals surface area contributed by atoms with Gasteiger partial charge >= 0.3 is 0 Å². The highest BCUT2D eigenvalue weighted by molar-refractivity contribution is 6.33. The maximum absolute atomic E-state index is 12.3. The van der Waals surface area contributed by atoms with Crippen LogP contribution >= 0.6 is 11.6 Å². The maximum atomic E-state index is 12.3. The number of fused-ring (bicyclic) bond motifs is 1. The van der Waals surface area contributed by atoms with Gasteiger partial charge in [-0.15, -0.1) is 0 Å². The van der Waals surface area contributed by atoms with Crippen molar-refractivity contribution in [2.75, 3.05) is 32.1 Å². The van der Waals surface area contributed by atoms with E-state index in [-0.39, 0.29) is 18.4 Å². The first-order valence-corrected chi connectivity index (χ1v) is 9.28. The average Bonchev–Trinajstić information content (AvgIpc) is 2.92. The first-order valence-electron chi connectivity index (χ1n) is 8.90. The molecule has 0 bridgehead atoms. The lowest BCUT2D eigenvalue weighted by molar-refractivity contribution is -0.129. The van der Waals surface area contributed by atoms with Gasteiger partial charge in [-0.25, -0.2) is 0 Å². The molecule has 3 rings (SSSR count). The number of para-hydroxylation sites is 1. The van der Waals surface area contributed by atoms with E-state index in [1.807, 2.05) is 18.2 Å². The Morgan fingerprint density at radius 2 is 1.89 bits per heavy atom. The van der Waals surface area contributed by atoms with Crippen molar-refractivity contribution in [2.45, 2.75) is 6.42 Å². The molecule has 0 spiro atoms. The molecule has 2 aromatic rings. The third-order valence-corrected chi connectivity index (χ3v) is 4.42. The van der Waals surface area contributed by atoms with Gasteiger partial charge in [0.25, 0.3) is 0 Å². The molecule has 0 aliphatic carbocycles. The number of nitrogens with zero attached hydrogens (tertiary/aromatic N) is 1. The molecule has 7 heteroatoms. The van der Waals surface area contributed by atoms with E-state index in [1.165, 1.54) is 11.0 Å². The van der Waals surface area contributed by atoms with E-state index in [0.29, 0.717) is 35.4 Å². The second-order valence-corrected chi connectivity index (χ2v) is 6.72. The molecule has 1 heterocycles. The highest BCUT2D eigenvalue weighted by atomic mass is 35.5. The van der Waals surface area contributed by atoms with Gasteiger partial charge in [0, 0.05) is 19.5 Å². The molecule has 0 unspecified atom stereocenters. The van der Waals surface area contributed by atoms with Crippen LogP contribution in [0, 0.1) is 0 Å². The van der Waals surface area contributed by atoms with Crippen LogP contribution in [0.5, 0.6) is 11.5 Å². The minimum Gasteiger partial charge on any atom is -0.490 e. The highest BCUT2D eigenvalue weighted by Crippen LogP contribution is 2.30. The summed E-state index contributed by atoms with van der Waals surface area (Å²) >= 11 is 6.02. The number of benzene rings is 2. The van der Waals surface area contributed by atoms with Crippen molar-refractivity contribution in [1.82, 2.24) is 4.90 Å². The van der Waals surface area contributed by atoms with Crippen LogP contribution in [-0.2, 0) is 9.59 Å². The van der Waals surface area contributed by atoms with Gasteiger partial charge in [0.05, 0.1) is 30.5 Å². The highest BCUT2D eigenvalue weighted by Gasteiger charge is 2.13. The molecule has 0 fully saturated rings. The van der Waals surface area contributed by atoms with Crippen LogP contribution in [0.2, 0.25) is 5.02 Å². The third-order valence-electron chi connectivity index (χ3n) is 4.09. The molecule has 1 aliphatic heterocycles. The summed E-state index contributed by atoms with van der Waals surface area (Å²) in [6, 6.07) is 12.4. The Hall–Kier alpha value is -2.99. The average molecular weight is 401 g/mol. The van der Waals surface area contributed by atoms with Crippen LogP contribution in [-0.4, -0.2) is 43.5 Å². The Morgan fingerprint density at radius 1 is 1.14 bits per heavy atom. The monoisotopic (exact) mass is 400 g/mol. The van der Waals surface area contributed by atoms with E-state index in [1.54, 1.807) is 37.4 Å². The van der Waals surface area contributed by atoms with Crippen molar-refractivity contribution in [3.05, 3.63) is 59.1 Å². The number of amides is 2. The van der Waals surface area contributed by atoms with Crippen molar-refractivity contribution in [3.8, 4) is 11.5 Å². The van der Waals surface area contributed by atoms with Crippen LogP contribution in [0.4, 0.5) is 5.69 Å². The van der Waals surface area contributed by atoms with E-state index in [4.69, 9.17) is 21.1 Å². The van der Waals surface area contributed by atoms with Gasteiger partial charge in [0.1, 0.15) is 0 Å². The Kier molecular flexibility index (Phi) is 6.55. The van der Waals surface area contributed by atoms with Crippen molar-refractivity contribution in [1.29, 1.82) is 0 Å². The zero-order valence-corrected chi connectivity index (χ0v) is 16.2. The molecule has 0 radical (unpaired) electrons. The molecule has 1 aliphatic rings. The smallest absolute Gasteiger partial charge is 0.246 e. The summed E-state index contributed by atoms with van der Waals surface area (Å²) in [4.78, 5) is 25.7. The summed E-state index contributed by atoms with van der Waals surface area (Å²) in [6.07, 6.45) is 3.93. The molecule has 28 heavy (non-hydrogen) atoms. The van der Waals surface area contributed by atoms with Crippen LogP contribution in [0.1, 0.15) is 12.0 Å². The summed E-state index contributed by atoms with van der Waals surface area (Å²) < 4.78 is 11.2. The molecule has 146 valence electrons. The number of halogens is 1. The molecule has 0 saturated heterocycles. The molecule has 2 aromatic carbocycles. The fraction of sp³-hybridized carbons (Fsp3) is 0.238. The molecule has 2 amide bonds. The van der Waals surface area contributed by atoms with E-state index >= 15 is 0 Å². The lowest BCUT2D eigenvalue weighted by atomic mass is 10.2. The molecule has 6 nitrogen and oxygen atoms in total.